The van der Waals surface area contributed by atoms with Crippen molar-refractivity contribution in [2.75, 3.05) is 26.4 Å². The van der Waals surface area contributed by atoms with Gasteiger partial charge in [0.15, 0.2) is 0 Å². The van der Waals surface area contributed by atoms with Crippen molar-refractivity contribution in [2.45, 2.75) is 0 Å². The number of hydrogen-bond acceptors (Lipinski definition) is 5. The minimum atomic E-state index is -1.20. The van der Waals surface area contributed by atoms with Crippen LogP contribution in [0.15, 0.2) is 25.0 Å². The third-order valence-electron chi connectivity index (χ3n) is 1.30. The molecule has 0 aromatic heterocycles. The maximum absolute atomic E-state index is 10.8. The van der Waals surface area contributed by atoms with Crippen molar-refractivity contribution in [1.82, 2.24) is 0 Å². The van der Waals surface area contributed by atoms with Gasteiger partial charge in [-0.3, -0.25) is 0 Å². The van der Waals surface area contributed by atoms with Crippen LogP contribution < -0.4 is 0 Å². The van der Waals surface area contributed by atoms with Crippen LogP contribution in [0.1, 0.15) is 0 Å². The highest BCUT2D eigenvalue weighted by Crippen LogP contribution is 1.84. The van der Waals surface area contributed by atoms with E-state index in [4.69, 9.17) is 14.6 Å². The van der Waals surface area contributed by atoms with Crippen molar-refractivity contribution in [1.29, 1.82) is 0 Å². The highest BCUT2D eigenvalue weighted by Gasteiger charge is 1.97. The number of ether oxygens (including phenoxy) is 3. The number of carbonyl (C=O) groups excluding carboxylic acids is 1. The van der Waals surface area contributed by atoms with E-state index >= 15 is 0 Å². The fourth-order valence-corrected chi connectivity index (χ4v) is 0.681. The van der Waals surface area contributed by atoms with Crippen LogP contribution in [0.5, 0.6) is 0 Å². The van der Waals surface area contributed by atoms with E-state index in [1.807, 2.05) is 0 Å². The lowest BCUT2D eigenvalue weighted by Crippen LogP contribution is -2.11. The Balaban J connectivity index is 3.34. The molecule has 0 fully saturated rings. The summed E-state index contributed by atoms with van der Waals surface area (Å²) in [6, 6.07) is 0. The number of hydrogen-bond donors (Lipinski definition) is 1. The summed E-state index contributed by atoms with van der Waals surface area (Å²) in [5, 5.41) is 8.21. The zero-order chi connectivity index (χ0) is 12.2. The molecule has 90 valence electrons. The van der Waals surface area contributed by atoms with Gasteiger partial charge in [0, 0.05) is 12.2 Å². The Kier molecular flexibility index (Phi) is 8.62. The predicted octanol–water partition coefficient (Wildman–Crippen LogP) is 0.347. The number of carboxylic acids is 1. The Morgan fingerprint density at radius 2 is 1.81 bits per heavy atom. The molecule has 6 heteroatoms. The largest absolute Gasteiger partial charge is 0.499 e. The fraction of sp³-hybridized carbons (Fsp3) is 0.400. The molecule has 0 rings (SSSR count). The molecule has 0 saturated carbocycles. The maximum atomic E-state index is 10.8. The smallest absolute Gasteiger partial charge is 0.331 e. The van der Waals surface area contributed by atoms with Crippen LogP contribution in [0.2, 0.25) is 0 Å². The molecule has 6 nitrogen and oxygen atoms in total. The van der Waals surface area contributed by atoms with Crippen LogP contribution in [0.4, 0.5) is 0 Å². The van der Waals surface area contributed by atoms with E-state index in [0.717, 1.165) is 6.08 Å². The Hall–Kier alpha value is -1.82. The molecule has 0 unspecified atom stereocenters. The summed E-state index contributed by atoms with van der Waals surface area (Å²) >= 11 is 0. The van der Waals surface area contributed by atoms with Gasteiger partial charge in [0.1, 0.15) is 13.2 Å². The summed E-state index contributed by atoms with van der Waals surface area (Å²) in [5.41, 5.74) is 0. The average Bonchev–Trinajstić information content (AvgIpc) is 2.25. The number of carboxylic acid groups (broad SMARTS) is 1. The van der Waals surface area contributed by atoms with Crippen molar-refractivity contribution >= 4 is 11.9 Å². The Labute approximate surface area is 93.1 Å². The van der Waals surface area contributed by atoms with Gasteiger partial charge in [-0.1, -0.05) is 6.58 Å². The molecule has 0 spiro atoms. The molecule has 0 aromatic rings. The third-order valence-corrected chi connectivity index (χ3v) is 1.30. The first-order valence-corrected chi connectivity index (χ1v) is 4.55. The van der Waals surface area contributed by atoms with Crippen LogP contribution in [-0.2, 0) is 23.8 Å². The highest BCUT2D eigenvalue weighted by atomic mass is 16.6. The zero-order valence-electron chi connectivity index (χ0n) is 8.76. The lowest BCUT2D eigenvalue weighted by atomic mass is 10.5. The molecule has 16 heavy (non-hydrogen) atoms. The van der Waals surface area contributed by atoms with Gasteiger partial charge >= 0.3 is 11.9 Å². The van der Waals surface area contributed by atoms with Crippen LogP contribution in [-0.4, -0.2) is 43.5 Å². The van der Waals surface area contributed by atoms with Crippen molar-refractivity contribution in [3.63, 3.8) is 0 Å². The number of carbonyl (C=O) groups is 2. The fourth-order valence-electron chi connectivity index (χ4n) is 0.681. The minimum absolute atomic E-state index is 0.0664. The SMILES string of the molecule is C=COCCOCCOC(=O)/C=C/C(=O)O. The van der Waals surface area contributed by atoms with E-state index < -0.39 is 11.9 Å². The summed E-state index contributed by atoms with van der Waals surface area (Å²) < 4.78 is 14.4. The van der Waals surface area contributed by atoms with Crippen molar-refractivity contribution < 1.29 is 28.9 Å². The topological polar surface area (TPSA) is 82.1 Å². The average molecular weight is 230 g/mol. The lowest BCUT2D eigenvalue weighted by molar-refractivity contribution is -0.140. The second kappa shape index (κ2) is 9.72. The molecule has 0 saturated heterocycles. The molecule has 0 aliphatic carbocycles. The molecule has 0 radical (unpaired) electrons. The van der Waals surface area contributed by atoms with E-state index in [1.54, 1.807) is 0 Å². The van der Waals surface area contributed by atoms with Gasteiger partial charge in [0.05, 0.1) is 19.5 Å². The Bertz CT molecular complexity index is 258. The van der Waals surface area contributed by atoms with Gasteiger partial charge < -0.3 is 19.3 Å². The normalized spacial score (nSPS) is 10.0. The van der Waals surface area contributed by atoms with Crippen LogP contribution >= 0.6 is 0 Å². The molecule has 0 aliphatic heterocycles. The van der Waals surface area contributed by atoms with E-state index in [0.29, 0.717) is 19.3 Å². The summed E-state index contributed by atoms with van der Waals surface area (Å²) in [5.74, 6) is -1.91. The Morgan fingerprint density at radius 3 is 2.44 bits per heavy atom. The van der Waals surface area contributed by atoms with Gasteiger partial charge in [-0.05, 0) is 0 Å². The predicted molar refractivity (Wildman–Crippen MR) is 54.7 cm³/mol. The van der Waals surface area contributed by atoms with Crippen molar-refractivity contribution in [3.8, 4) is 0 Å². The molecule has 0 aliphatic rings. The molecule has 0 bridgehead atoms. The van der Waals surface area contributed by atoms with Gasteiger partial charge in [-0.25, -0.2) is 9.59 Å². The van der Waals surface area contributed by atoms with Crippen LogP contribution in [0, 0.1) is 0 Å². The second-order valence-corrected chi connectivity index (χ2v) is 2.49. The van der Waals surface area contributed by atoms with Gasteiger partial charge in [0.25, 0.3) is 0 Å². The zero-order valence-corrected chi connectivity index (χ0v) is 8.76. The third kappa shape index (κ3) is 10.3. The second-order valence-electron chi connectivity index (χ2n) is 2.49. The van der Waals surface area contributed by atoms with Gasteiger partial charge in [0.2, 0.25) is 0 Å². The summed E-state index contributed by atoms with van der Waals surface area (Å²) in [6.45, 7) is 4.40. The number of rotatable bonds is 9. The number of aliphatic carboxylic acids is 1. The van der Waals surface area contributed by atoms with Gasteiger partial charge in [-0.15, -0.1) is 0 Å². The molecule has 0 heterocycles. The lowest BCUT2D eigenvalue weighted by Gasteiger charge is -2.04. The Morgan fingerprint density at radius 1 is 1.12 bits per heavy atom. The quantitative estimate of drug-likeness (QED) is 0.266. The molecule has 0 aromatic carbocycles. The monoisotopic (exact) mass is 230 g/mol. The van der Waals surface area contributed by atoms with E-state index in [9.17, 15) is 9.59 Å². The van der Waals surface area contributed by atoms with Crippen LogP contribution in [0.3, 0.4) is 0 Å². The van der Waals surface area contributed by atoms with E-state index in [2.05, 4.69) is 11.3 Å². The standard InChI is InChI=1S/C10H14O6/c1-2-14-5-6-15-7-8-16-10(13)4-3-9(11)12/h2-4H,1,5-8H2,(H,11,12)/b4-3+. The minimum Gasteiger partial charge on any atom is -0.499 e. The summed E-state index contributed by atoms with van der Waals surface area (Å²) in [6.07, 6.45) is 2.85. The van der Waals surface area contributed by atoms with Crippen molar-refractivity contribution in [3.05, 3.63) is 25.0 Å². The van der Waals surface area contributed by atoms with E-state index in [-0.39, 0.29) is 13.2 Å². The first-order valence-electron chi connectivity index (χ1n) is 4.55. The summed E-state index contributed by atoms with van der Waals surface area (Å²) in [4.78, 5) is 20.9. The molecule has 1 N–H and O–H groups in total. The summed E-state index contributed by atoms with van der Waals surface area (Å²) in [7, 11) is 0. The van der Waals surface area contributed by atoms with Crippen molar-refractivity contribution in [2.24, 2.45) is 0 Å². The maximum Gasteiger partial charge on any atom is 0.331 e. The first kappa shape index (κ1) is 14.2. The van der Waals surface area contributed by atoms with Gasteiger partial charge in [-0.2, -0.15) is 0 Å². The van der Waals surface area contributed by atoms with E-state index in [1.165, 1.54) is 6.26 Å². The van der Waals surface area contributed by atoms with Crippen LogP contribution in [0.25, 0.3) is 0 Å². The molecule has 0 amide bonds. The molecular formula is C10H14O6. The highest BCUT2D eigenvalue weighted by molar-refractivity contribution is 5.90. The molecular weight excluding hydrogens is 216 g/mol. The first-order chi connectivity index (χ1) is 7.66. The molecule has 0 atom stereocenters. The number of esters is 1.